The fourth-order valence-corrected chi connectivity index (χ4v) is 3.00. The Morgan fingerprint density at radius 2 is 2.00 bits per heavy atom. The van der Waals surface area contributed by atoms with Crippen molar-refractivity contribution in [2.24, 2.45) is 0 Å². The lowest BCUT2D eigenvalue weighted by Crippen LogP contribution is -2.44. The molecular weight excluding hydrogens is 224 g/mol. The second-order valence-electron chi connectivity index (χ2n) is 5.51. The Labute approximate surface area is 113 Å². The first-order chi connectivity index (χ1) is 8.81. The molecule has 0 aliphatic carbocycles. The average Bonchev–Trinajstić information content (AvgIpc) is 2.87. The fraction of sp³-hybridized carbons (Fsp3) is 1.00. The topological polar surface area (TPSA) is 24.5 Å². The summed E-state index contributed by atoms with van der Waals surface area (Å²) in [5.41, 5.74) is 0. The first-order valence-corrected chi connectivity index (χ1v) is 7.78. The minimum atomic E-state index is 0.707. The van der Waals surface area contributed by atoms with Gasteiger partial charge in [0.25, 0.3) is 0 Å². The zero-order valence-corrected chi connectivity index (χ0v) is 12.6. The summed E-state index contributed by atoms with van der Waals surface area (Å²) in [6.45, 7) is 8.94. The molecule has 1 N–H and O–H groups in total. The SMILES string of the molecule is CCCC(CCC)N(CCOC)CC1CCCN1. The number of nitrogens with one attached hydrogen (secondary N) is 1. The average molecular weight is 256 g/mol. The normalized spacial score (nSPS) is 20.2. The molecule has 0 aromatic rings. The maximum Gasteiger partial charge on any atom is 0.0589 e. The van der Waals surface area contributed by atoms with Crippen molar-refractivity contribution < 1.29 is 4.74 Å². The van der Waals surface area contributed by atoms with E-state index in [0.717, 1.165) is 19.2 Å². The summed E-state index contributed by atoms with van der Waals surface area (Å²) in [4.78, 5) is 2.67. The number of ether oxygens (including phenoxy) is 1. The molecule has 0 bridgehead atoms. The molecule has 0 aromatic carbocycles. The van der Waals surface area contributed by atoms with E-state index in [4.69, 9.17) is 4.74 Å². The largest absolute Gasteiger partial charge is 0.383 e. The van der Waals surface area contributed by atoms with Gasteiger partial charge in [0.1, 0.15) is 0 Å². The van der Waals surface area contributed by atoms with Crippen molar-refractivity contribution in [2.45, 2.75) is 64.5 Å². The Bertz CT molecular complexity index is 187. The van der Waals surface area contributed by atoms with Gasteiger partial charge in [-0.1, -0.05) is 26.7 Å². The molecule has 1 saturated heterocycles. The van der Waals surface area contributed by atoms with E-state index < -0.39 is 0 Å². The summed E-state index contributed by atoms with van der Waals surface area (Å²) >= 11 is 0. The highest BCUT2D eigenvalue weighted by molar-refractivity contribution is 4.81. The Morgan fingerprint density at radius 1 is 1.28 bits per heavy atom. The molecule has 0 aromatic heterocycles. The first-order valence-electron chi connectivity index (χ1n) is 7.78. The third-order valence-electron chi connectivity index (χ3n) is 3.96. The highest BCUT2D eigenvalue weighted by Crippen LogP contribution is 2.16. The predicted molar refractivity (Wildman–Crippen MR) is 78.1 cm³/mol. The van der Waals surface area contributed by atoms with E-state index in [9.17, 15) is 0 Å². The van der Waals surface area contributed by atoms with Gasteiger partial charge in [-0.2, -0.15) is 0 Å². The highest BCUT2D eigenvalue weighted by atomic mass is 16.5. The van der Waals surface area contributed by atoms with Crippen molar-refractivity contribution in [2.75, 3.05) is 33.4 Å². The molecule has 108 valence electrons. The van der Waals surface area contributed by atoms with Crippen molar-refractivity contribution >= 4 is 0 Å². The molecule has 0 amide bonds. The molecule has 0 saturated carbocycles. The summed E-state index contributed by atoms with van der Waals surface area (Å²) in [5, 5.41) is 3.62. The van der Waals surface area contributed by atoms with Crippen LogP contribution in [0.15, 0.2) is 0 Å². The van der Waals surface area contributed by atoms with E-state index in [2.05, 4.69) is 24.1 Å². The number of hydrogen-bond acceptors (Lipinski definition) is 3. The molecule has 1 heterocycles. The summed E-state index contributed by atoms with van der Waals surface area (Å²) < 4.78 is 5.28. The van der Waals surface area contributed by atoms with Crippen molar-refractivity contribution in [3.05, 3.63) is 0 Å². The Hall–Kier alpha value is -0.120. The van der Waals surface area contributed by atoms with Gasteiger partial charge in [0.05, 0.1) is 6.61 Å². The summed E-state index contributed by atoms with van der Waals surface area (Å²) in [7, 11) is 1.81. The van der Waals surface area contributed by atoms with Gasteiger partial charge in [-0.15, -0.1) is 0 Å². The molecule has 3 nitrogen and oxygen atoms in total. The van der Waals surface area contributed by atoms with Crippen LogP contribution in [-0.2, 0) is 4.74 Å². The van der Waals surface area contributed by atoms with E-state index in [0.29, 0.717) is 6.04 Å². The fourth-order valence-electron chi connectivity index (χ4n) is 3.00. The van der Waals surface area contributed by atoms with E-state index in [-0.39, 0.29) is 0 Å². The molecular formula is C15H32N2O. The third-order valence-corrected chi connectivity index (χ3v) is 3.96. The summed E-state index contributed by atoms with van der Waals surface area (Å²) in [6, 6.07) is 1.45. The van der Waals surface area contributed by atoms with Crippen molar-refractivity contribution in [3.63, 3.8) is 0 Å². The number of hydrogen-bond donors (Lipinski definition) is 1. The lowest BCUT2D eigenvalue weighted by Gasteiger charge is -2.33. The minimum absolute atomic E-state index is 0.707. The van der Waals surface area contributed by atoms with Gasteiger partial charge in [-0.05, 0) is 32.2 Å². The van der Waals surface area contributed by atoms with E-state index >= 15 is 0 Å². The van der Waals surface area contributed by atoms with E-state index in [1.807, 2.05) is 0 Å². The minimum Gasteiger partial charge on any atom is -0.383 e. The molecule has 0 radical (unpaired) electrons. The molecule has 3 heteroatoms. The number of methoxy groups -OCH3 is 1. The van der Waals surface area contributed by atoms with Crippen LogP contribution in [0, 0.1) is 0 Å². The molecule has 0 spiro atoms. The van der Waals surface area contributed by atoms with Crippen LogP contribution < -0.4 is 5.32 Å². The monoisotopic (exact) mass is 256 g/mol. The molecule has 1 unspecified atom stereocenters. The smallest absolute Gasteiger partial charge is 0.0589 e. The summed E-state index contributed by atoms with van der Waals surface area (Å²) in [5.74, 6) is 0. The Morgan fingerprint density at radius 3 is 2.50 bits per heavy atom. The first kappa shape index (κ1) is 15.9. The van der Waals surface area contributed by atoms with Crippen LogP contribution in [0.3, 0.4) is 0 Å². The quantitative estimate of drug-likeness (QED) is 0.650. The Kier molecular flexibility index (Phi) is 8.64. The van der Waals surface area contributed by atoms with Crippen molar-refractivity contribution in [1.82, 2.24) is 10.2 Å². The van der Waals surface area contributed by atoms with Crippen LogP contribution >= 0.6 is 0 Å². The molecule has 1 rings (SSSR count). The lowest BCUT2D eigenvalue weighted by molar-refractivity contribution is 0.104. The standard InChI is InChI=1S/C15H32N2O/c1-4-7-15(8-5-2)17(11-12-18-3)13-14-9-6-10-16-14/h14-16H,4-13H2,1-3H3. The van der Waals surface area contributed by atoms with Crippen LogP contribution in [-0.4, -0.2) is 50.3 Å². The van der Waals surface area contributed by atoms with Gasteiger partial charge in [-0.3, -0.25) is 4.90 Å². The van der Waals surface area contributed by atoms with Crippen LogP contribution in [0.5, 0.6) is 0 Å². The van der Waals surface area contributed by atoms with E-state index in [1.165, 1.54) is 51.6 Å². The predicted octanol–water partition coefficient (Wildman–Crippen LogP) is 2.66. The third kappa shape index (κ3) is 5.68. The zero-order chi connectivity index (χ0) is 13.2. The maximum atomic E-state index is 5.28. The van der Waals surface area contributed by atoms with Gasteiger partial charge in [-0.25, -0.2) is 0 Å². The molecule has 1 atom stereocenters. The molecule has 1 aliphatic heterocycles. The second-order valence-corrected chi connectivity index (χ2v) is 5.51. The van der Waals surface area contributed by atoms with Crippen LogP contribution in [0.1, 0.15) is 52.4 Å². The number of nitrogens with zero attached hydrogens (tertiary/aromatic N) is 1. The van der Waals surface area contributed by atoms with Crippen LogP contribution in [0.2, 0.25) is 0 Å². The molecule has 1 aliphatic rings. The van der Waals surface area contributed by atoms with Gasteiger partial charge in [0.15, 0.2) is 0 Å². The van der Waals surface area contributed by atoms with Gasteiger partial charge in [0, 0.05) is 32.3 Å². The molecule has 1 fully saturated rings. The molecule has 18 heavy (non-hydrogen) atoms. The highest BCUT2D eigenvalue weighted by Gasteiger charge is 2.22. The van der Waals surface area contributed by atoms with Gasteiger partial charge in [0.2, 0.25) is 0 Å². The van der Waals surface area contributed by atoms with Crippen LogP contribution in [0.4, 0.5) is 0 Å². The Balaban J connectivity index is 2.48. The second kappa shape index (κ2) is 9.76. The van der Waals surface area contributed by atoms with Crippen molar-refractivity contribution in [1.29, 1.82) is 0 Å². The lowest BCUT2D eigenvalue weighted by atomic mass is 10.0. The maximum absolute atomic E-state index is 5.28. The number of rotatable bonds is 10. The van der Waals surface area contributed by atoms with Gasteiger partial charge < -0.3 is 10.1 Å². The van der Waals surface area contributed by atoms with E-state index in [1.54, 1.807) is 7.11 Å². The van der Waals surface area contributed by atoms with Crippen LogP contribution in [0.25, 0.3) is 0 Å². The summed E-state index contributed by atoms with van der Waals surface area (Å²) in [6.07, 6.45) is 7.90. The zero-order valence-electron chi connectivity index (χ0n) is 12.6. The van der Waals surface area contributed by atoms with Crippen molar-refractivity contribution in [3.8, 4) is 0 Å². The van der Waals surface area contributed by atoms with Gasteiger partial charge >= 0.3 is 0 Å².